The Morgan fingerprint density at radius 2 is 1.90 bits per heavy atom. The van der Waals surface area contributed by atoms with Crippen LogP contribution in [-0.2, 0) is 4.74 Å². The Kier molecular flexibility index (Phi) is 5.20. The van der Waals surface area contributed by atoms with Crippen molar-refractivity contribution >= 4 is 22.8 Å². The van der Waals surface area contributed by atoms with Gasteiger partial charge in [-0.25, -0.2) is 19.4 Å². The summed E-state index contributed by atoms with van der Waals surface area (Å²) in [6.07, 6.45) is 4.18. The van der Waals surface area contributed by atoms with E-state index in [1.165, 1.54) is 6.33 Å². The molecule has 29 heavy (non-hydrogen) atoms. The van der Waals surface area contributed by atoms with Gasteiger partial charge in [0.25, 0.3) is 0 Å². The molecular weight excluding hydrogens is 372 g/mol. The molecule has 9 nitrogen and oxygen atoms in total. The number of fused-ring (bicyclic) bond motifs is 1. The highest BCUT2D eigenvalue weighted by Gasteiger charge is 2.26. The molecule has 0 spiro atoms. The molecule has 0 saturated carbocycles. The molecule has 0 radical (unpaired) electrons. The summed E-state index contributed by atoms with van der Waals surface area (Å²) in [6.45, 7) is 4.88. The molecule has 1 saturated heterocycles. The highest BCUT2D eigenvalue weighted by molar-refractivity contribution is 5.81. The van der Waals surface area contributed by atoms with Gasteiger partial charge < -0.3 is 20.1 Å². The van der Waals surface area contributed by atoms with E-state index in [4.69, 9.17) is 15.2 Å². The molecule has 1 amide bonds. The molecule has 1 aromatic carbocycles. The molecule has 3 aromatic rings. The van der Waals surface area contributed by atoms with E-state index in [0.717, 1.165) is 11.1 Å². The van der Waals surface area contributed by atoms with E-state index in [1.807, 2.05) is 38.1 Å². The second-order valence-electron chi connectivity index (χ2n) is 7.30. The molecule has 1 aliphatic rings. The van der Waals surface area contributed by atoms with Gasteiger partial charge in [-0.1, -0.05) is 0 Å². The van der Waals surface area contributed by atoms with Crippen molar-refractivity contribution in [2.45, 2.75) is 38.9 Å². The Morgan fingerprint density at radius 1 is 1.17 bits per heavy atom. The van der Waals surface area contributed by atoms with E-state index in [0.29, 0.717) is 43.1 Å². The van der Waals surface area contributed by atoms with Crippen molar-refractivity contribution in [3.8, 4) is 11.6 Å². The van der Waals surface area contributed by atoms with Crippen LogP contribution >= 0.6 is 0 Å². The molecule has 1 fully saturated rings. The van der Waals surface area contributed by atoms with E-state index in [1.54, 1.807) is 15.8 Å². The van der Waals surface area contributed by atoms with Gasteiger partial charge in [0.05, 0.1) is 18.0 Å². The third-order valence-electron chi connectivity index (χ3n) is 4.78. The highest BCUT2D eigenvalue weighted by Crippen LogP contribution is 2.26. The molecule has 152 valence electrons. The third kappa shape index (κ3) is 4.08. The largest absolute Gasteiger partial charge is 0.474 e. The zero-order chi connectivity index (χ0) is 20.4. The molecule has 0 unspecified atom stereocenters. The topological polar surface area (TPSA) is 108 Å². The number of nitrogens with zero attached hydrogens (tertiary/aromatic N) is 5. The molecule has 3 heterocycles. The maximum absolute atomic E-state index is 12.0. The predicted octanol–water partition coefficient (Wildman–Crippen LogP) is 2.79. The van der Waals surface area contributed by atoms with Gasteiger partial charge in [0.2, 0.25) is 5.88 Å². The second-order valence-corrected chi connectivity index (χ2v) is 7.30. The van der Waals surface area contributed by atoms with E-state index >= 15 is 0 Å². The van der Waals surface area contributed by atoms with Crippen molar-refractivity contribution in [1.29, 1.82) is 0 Å². The normalized spacial score (nSPS) is 15.1. The Labute approximate surface area is 168 Å². The number of carbonyl (C=O) groups excluding carboxylic acids is 1. The predicted molar refractivity (Wildman–Crippen MR) is 108 cm³/mol. The number of likely N-dealkylation sites (tertiary alicyclic amines) is 1. The lowest BCUT2D eigenvalue weighted by molar-refractivity contribution is 0.0511. The summed E-state index contributed by atoms with van der Waals surface area (Å²) >= 11 is 0. The number of nitrogens with two attached hydrogens (primary N) is 1. The molecule has 4 rings (SSSR count). The van der Waals surface area contributed by atoms with E-state index < -0.39 is 0 Å². The lowest BCUT2D eigenvalue weighted by Crippen LogP contribution is -2.42. The van der Waals surface area contributed by atoms with Crippen molar-refractivity contribution in [3.05, 3.63) is 36.8 Å². The Hall–Kier alpha value is -3.36. The number of ether oxygens (including phenoxy) is 2. The minimum Gasteiger partial charge on any atom is -0.474 e. The van der Waals surface area contributed by atoms with Crippen LogP contribution in [0.3, 0.4) is 0 Å². The average Bonchev–Trinajstić information content (AvgIpc) is 3.14. The van der Waals surface area contributed by atoms with E-state index in [2.05, 4.69) is 15.1 Å². The Balaban J connectivity index is 1.47. The summed E-state index contributed by atoms with van der Waals surface area (Å²) in [5, 5.41) is 5.18. The van der Waals surface area contributed by atoms with Gasteiger partial charge in [0, 0.05) is 31.6 Å². The van der Waals surface area contributed by atoms with Gasteiger partial charge >= 0.3 is 6.09 Å². The van der Waals surface area contributed by atoms with Gasteiger partial charge in [-0.15, -0.1) is 0 Å². The molecule has 1 aliphatic heterocycles. The quantitative estimate of drug-likeness (QED) is 0.676. The number of rotatable bonds is 4. The molecule has 2 N–H and O–H groups in total. The minimum absolute atomic E-state index is 0.0314. The summed E-state index contributed by atoms with van der Waals surface area (Å²) in [6, 6.07) is 7.41. The van der Waals surface area contributed by atoms with Crippen molar-refractivity contribution < 1.29 is 14.3 Å². The van der Waals surface area contributed by atoms with Gasteiger partial charge in [0.15, 0.2) is 5.65 Å². The molecule has 0 atom stereocenters. The molecule has 9 heteroatoms. The number of nitrogen functional groups attached to an aromatic ring is 1. The van der Waals surface area contributed by atoms with Crippen molar-refractivity contribution in [2.24, 2.45) is 0 Å². The van der Waals surface area contributed by atoms with Crippen LogP contribution in [0.5, 0.6) is 5.88 Å². The SMILES string of the molecule is CC(C)OC(=O)N1CCC(Oc2ncnc3c2cnn3-c2ccc(N)cc2)CC1. The molecule has 0 aliphatic carbocycles. The first kappa shape index (κ1) is 19.0. The molecule has 2 aromatic heterocycles. The first-order chi connectivity index (χ1) is 14.0. The van der Waals surface area contributed by atoms with E-state index in [-0.39, 0.29) is 18.3 Å². The van der Waals surface area contributed by atoms with Gasteiger partial charge in [-0.2, -0.15) is 5.10 Å². The standard InChI is InChI=1S/C20H24N6O3/c1-13(2)28-20(27)25-9-7-16(8-10-25)29-19-17-11-24-26(18(17)22-12-23-19)15-5-3-14(21)4-6-15/h3-6,11-13,16H,7-10,21H2,1-2H3. The number of hydrogen-bond donors (Lipinski definition) is 1. The van der Waals surface area contributed by atoms with Crippen LogP contribution in [-0.4, -0.2) is 56.0 Å². The smallest absolute Gasteiger partial charge is 0.410 e. The fourth-order valence-electron chi connectivity index (χ4n) is 3.31. The lowest BCUT2D eigenvalue weighted by atomic mass is 10.1. The fraction of sp³-hybridized carbons (Fsp3) is 0.400. The van der Waals surface area contributed by atoms with Crippen LogP contribution in [0.2, 0.25) is 0 Å². The number of aromatic nitrogens is 4. The van der Waals surface area contributed by atoms with Crippen LogP contribution in [0, 0.1) is 0 Å². The summed E-state index contributed by atoms with van der Waals surface area (Å²) < 4.78 is 13.1. The van der Waals surface area contributed by atoms with Crippen LogP contribution in [0.25, 0.3) is 16.7 Å². The highest BCUT2D eigenvalue weighted by atomic mass is 16.6. The zero-order valence-corrected chi connectivity index (χ0v) is 16.5. The molecular formula is C20H24N6O3. The number of piperidine rings is 1. The van der Waals surface area contributed by atoms with Crippen molar-refractivity contribution in [1.82, 2.24) is 24.6 Å². The number of anilines is 1. The fourth-order valence-corrected chi connectivity index (χ4v) is 3.31. The second kappa shape index (κ2) is 7.94. The number of amides is 1. The monoisotopic (exact) mass is 396 g/mol. The molecule has 0 bridgehead atoms. The van der Waals surface area contributed by atoms with Gasteiger partial charge in [-0.05, 0) is 38.1 Å². The van der Waals surface area contributed by atoms with Crippen LogP contribution in [0.15, 0.2) is 36.8 Å². The summed E-state index contributed by atoms with van der Waals surface area (Å²) in [5.74, 6) is 0.500. The van der Waals surface area contributed by atoms with Gasteiger partial charge in [-0.3, -0.25) is 0 Å². The first-order valence-corrected chi connectivity index (χ1v) is 9.68. The number of benzene rings is 1. The lowest BCUT2D eigenvalue weighted by Gasteiger charge is -2.31. The van der Waals surface area contributed by atoms with Crippen LogP contribution < -0.4 is 10.5 Å². The Morgan fingerprint density at radius 3 is 2.59 bits per heavy atom. The first-order valence-electron chi connectivity index (χ1n) is 9.68. The van der Waals surface area contributed by atoms with Crippen molar-refractivity contribution in [2.75, 3.05) is 18.8 Å². The minimum atomic E-state index is -0.271. The number of hydrogen-bond acceptors (Lipinski definition) is 7. The number of carbonyl (C=O) groups is 1. The average molecular weight is 396 g/mol. The van der Waals surface area contributed by atoms with Gasteiger partial charge in [0.1, 0.15) is 17.8 Å². The summed E-state index contributed by atoms with van der Waals surface area (Å²) in [4.78, 5) is 22.4. The maximum Gasteiger partial charge on any atom is 0.410 e. The zero-order valence-electron chi connectivity index (χ0n) is 16.5. The third-order valence-corrected chi connectivity index (χ3v) is 4.78. The van der Waals surface area contributed by atoms with E-state index in [9.17, 15) is 4.79 Å². The maximum atomic E-state index is 12.0. The summed E-state index contributed by atoms with van der Waals surface area (Å²) in [5.41, 5.74) is 7.97. The summed E-state index contributed by atoms with van der Waals surface area (Å²) in [7, 11) is 0. The Bertz CT molecular complexity index is 993. The van der Waals surface area contributed by atoms with Crippen molar-refractivity contribution in [3.63, 3.8) is 0 Å². The van der Waals surface area contributed by atoms with Crippen LogP contribution in [0.4, 0.5) is 10.5 Å². The van der Waals surface area contributed by atoms with Crippen LogP contribution in [0.1, 0.15) is 26.7 Å².